The van der Waals surface area contributed by atoms with Crippen LogP contribution in [0.25, 0.3) is 0 Å². The van der Waals surface area contributed by atoms with E-state index in [-0.39, 0.29) is 23.6 Å². The molecule has 24 heavy (non-hydrogen) atoms. The number of benzene rings is 1. The highest BCUT2D eigenvalue weighted by molar-refractivity contribution is 6.30. The number of amides is 2. The molecule has 2 amide bonds. The number of anilines is 1. The monoisotopic (exact) mass is 343 g/mol. The van der Waals surface area contributed by atoms with Gasteiger partial charge < -0.3 is 10.2 Å². The van der Waals surface area contributed by atoms with Crippen LogP contribution >= 0.6 is 11.6 Å². The fourth-order valence-electron chi connectivity index (χ4n) is 2.77. The van der Waals surface area contributed by atoms with E-state index < -0.39 is 0 Å². The minimum Gasteiger partial charge on any atom is -0.344 e. The highest BCUT2D eigenvalue weighted by Crippen LogP contribution is 2.25. The van der Waals surface area contributed by atoms with Gasteiger partial charge in [0.05, 0.1) is 6.04 Å². The van der Waals surface area contributed by atoms with Gasteiger partial charge in [-0.25, -0.2) is 0 Å². The van der Waals surface area contributed by atoms with Gasteiger partial charge in [-0.05, 0) is 43.2 Å². The minimum absolute atomic E-state index is 0.145. The summed E-state index contributed by atoms with van der Waals surface area (Å²) in [7, 11) is 0. The number of pyridine rings is 1. The first kappa shape index (κ1) is 16.5. The van der Waals surface area contributed by atoms with Crippen LogP contribution in [0, 0.1) is 0 Å². The summed E-state index contributed by atoms with van der Waals surface area (Å²) in [5, 5.41) is 3.37. The number of carbonyl (C=O) groups excluding carboxylic acids is 2. The van der Waals surface area contributed by atoms with Gasteiger partial charge in [0, 0.05) is 29.9 Å². The molecule has 5 nitrogen and oxygen atoms in total. The van der Waals surface area contributed by atoms with Crippen molar-refractivity contribution in [3.63, 3.8) is 0 Å². The van der Waals surface area contributed by atoms with Crippen molar-refractivity contribution in [2.75, 3.05) is 11.4 Å². The molecule has 1 aromatic carbocycles. The average Bonchev–Trinajstić information content (AvgIpc) is 3.01. The summed E-state index contributed by atoms with van der Waals surface area (Å²) < 4.78 is 0. The Bertz CT molecular complexity index is 778. The predicted octanol–water partition coefficient (Wildman–Crippen LogP) is 3.35. The number of nitrogens with zero attached hydrogens (tertiary/aromatic N) is 2. The second-order valence-electron chi connectivity index (χ2n) is 5.80. The molecule has 1 unspecified atom stereocenters. The first-order valence-electron chi connectivity index (χ1n) is 7.87. The smallest absolute Gasteiger partial charge is 0.270 e. The molecule has 2 aromatic rings. The lowest BCUT2D eigenvalue weighted by Gasteiger charge is -2.19. The Balaban J connectivity index is 1.74. The molecule has 0 radical (unpaired) electrons. The van der Waals surface area contributed by atoms with E-state index in [4.69, 9.17) is 11.6 Å². The molecule has 1 saturated heterocycles. The Morgan fingerprint density at radius 2 is 2.17 bits per heavy atom. The molecule has 0 saturated carbocycles. The van der Waals surface area contributed by atoms with E-state index in [0.29, 0.717) is 11.4 Å². The van der Waals surface area contributed by atoms with Gasteiger partial charge in [0.25, 0.3) is 5.91 Å². The number of hydrogen-bond donors (Lipinski definition) is 1. The van der Waals surface area contributed by atoms with Crippen LogP contribution in [0.3, 0.4) is 0 Å². The van der Waals surface area contributed by atoms with E-state index in [1.54, 1.807) is 11.0 Å². The normalized spacial score (nSPS) is 15.4. The molecule has 1 N–H and O–H groups in total. The van der Waals surface area contributed by atoms with Gasteiger partial charge in [-0.15, -0.1) is 0 Å². The van der Waals surface area contributed by atoms with Gasteiger partial charge in [0.1, 0.15) is 5.69 Å². The van der Waals surface area contributed by atoms with E-state index in [1.165, 1.54) is 12.3 Å². The third-order valence-electron chi connectivity index (χ3n) is 4.06. The van der Waals surface area contributed by atoms with E-state index in [9.17, 15) is 9.59 Å². The molecule has 3 rings (SSSR count). The van der Waals surface area contributed by atoms with Crippen LogP contribution in [-0.4, -0.2) is 23.3 Å². The van der Waals surface area contributed by atoms with Crippen LogP contribution in [-0.2, 0) is 4.79 Å². The van der Waals surface area contributed by atoms with Crippen LogP contribution in [0.4, 0.5) is 5.69 Å². The molecule has 0 aliphatic carbocycles. The molecule has 2 heterocycles. The number of nitrogens with one attached hydrogen (secondary N) is 1. The van der Waals surface area contributed by atoms with Crippen LogP contribution < -0.4 is 10.2 Å². The molecule has 0 bridgehead atoms. The Morgan fingerprint density at radius 1 is 1.33 bits per heavy atom. The second kappa shape index (κ2) is 7.01. The summed E-state index contributed by atoms with van der Waals surface area (Å²) in [6.07, 6.45) is 2.98. The van der Waals surface area contributed by atoms with Crippen LogP contribution in [0.15, 0.2) is 42.6 Å². The lowest BCUT2D eigenvalue weighted by Crippen LogP contribution is -2.28. The fourth-order valence-corrected chi connectivity index (χ4v) is 2.93. The lowest BCUT2D eigenvalue weighted by atomic mass is 10.1. The van der Waals surface area contributed by atoms with Crippen molar-refractivity contribution in [2.45, 2.75) is 25.8 Å². The number of rotatable bonds is 4. The largest absolute Gasteiger partial charge is 0.344 e. The zero-order chi connectivity index (χ0) is 17.1. The molecule has 1 aromatic heterocycles. The zero-order valence-corrected chi connectivity index (χ0v) is 14.1. The van der Waals surface area contributed by atoms with Crippen molar-refractivity contribution >= 4 is 29.1 Å². The average molecular weight is 344 g/mol. The van der Waals surface area contributed by atoms with Gasteiger partial charge >= 0.3 is 0 Å². The van der Waals surface area contributed by atoms with Crippen molar-refractivity contribution < 1.29 is 9.59 Å². The summed E-state index contributed by atoms with van der Waals surface area (Å²) in [6.45, 7) is 2.64. The standard InChI is InChI=1S/C18H18ClN3O2/c1-12(21-18(24)16-11-14(19)7-8-20-16)13-4-2-5-15(10-13)22-9-3-6-17(22)23/h2,4-5,7-8,10-12H,3,6,9H2,1H3,(H,21,24). The predicted molar refractivity (Wildman–Crippen MR) is 93.2 cm³/mol. The van der Waals surface area contributed by atoms with Gasteiger partial charge in [-0.1, -0.05) is 23.7 Å². The summed E-state index contributed by atoms with van der Waals surface area (Å²) in [6, 6.07) is 10.6. The van der Waals surface area contributed by atoms with Gasteiger partial charge in [-0.2, -0.15) is 0 Å². The number of hydrogen-bond acceptors (Lipinski definition) is 3. The first-order chi connectivity index (χ1) is 11.5. The zero-order valence-electron chi connectivity index (χ0n) is 13.3. The molecule has 1 fully saturated rings. The van der Waals surface area contributed by atoms with E-state index in [1.807, 2.05) is 31.2 Å². The molecule has 0 spiro atoms. The van der Waals surface area contributed by atoms with E-state index >= 15 is 0 Å². The highest BCUT2D eigenvalue weighted by atomic mass is 35.5. The maximum atomic E-state index is 12.3. The quantitative estimate of drug-likeness (QED) is 0.926. The number of halogens is 1. The number of carbonyl (C=O) groups is 2. The Hall–Kier alpha value is -2.40. The fraction of sp³-hybridized carbons (Fsp3) is 0.278. The summed E-state index contributed by atoms with van der Waals surface area (Å²) in [4.78, 5) is 30.0. The van der Waals surface area contributed by atoms with Crippen molar-refractivity contribution in [2.24, 2.45) is 0 Å². The molecule has 124 valence electrons. The molecule has 1 atom stereocenters. The van der Waals surface area contributed by atoms with Crippen LogP contribution in [0.2, 0.25) is 5.02 Å². The molecular weight excluding hydrogens is 326 g/mol. The van der Waals surface area contributed by atoms with Crippen molar-refractivity contribution in [1.82, 2.24) is 10.3 Å². The Kier molecular flexibility index (Phi) is 4.81. The molecule has 1 aliphatic heterocycles. The summed E-state index contributed by atoms with van der Waals surface area (Å²) >= 11 is 5.89. The van der Waals surface area contributed by atoms with Gasteiger partial charge in [0.15, 0.2) is 0 Å². The first-order valence-corrected chi connectivity index (χ1v) is 8.25. The topological polar surface area (TPSA) is 62.3 Å². The van der Waals surface area contributed by atoms with Crippen LogP contribution in [0.1, 0.15) is 41.9 Å². The van der Waals surface area contributed by atoms with E-state index in [0.717, 1.165) is 24.2 Å². The maximum absolute atomic E-state index is 12.3. The molecule has 6 heteroatoms. The van der Waals surface area contributed by atoms with Gasteiger partial charge in [-0.3, -0.25) is 14.6 Å². The third kappa shape index (κ3) is 3.57. The SMILES string of the molecule is CC(NC(=O)c1cc(Cl)ccn1)c1cccc(N2CCCC2=O)c1. The Morgan fingerprint density at radius 3 is 2.88 bits per heavy atom. The van der Waals surface area contributed by atoms with Crippen molar-refractivity contribution in [3.05, 3.63) is 58.9 Å². The molecular formula is C18H18ClN3O2. The maximum Gasteiger partial charge on any atom is 0.270 e. The third-order valence-corrected chi connectivity index (χ3v) is 4.29. The molecule has 1 aliphatic rings. The summed E-state index contributed by atoms with van der Waals surface area (Å²) in [5.41, 5.74) is 2.08. The van der Waals surface area contributed by atoms with Crippen molar-refractivity contribution in [3.8, 4) is 0 Å². The lowest BCUT2D eigenvalue weighted by molar-refractivity contribution is -0.117. The second-order valence-corrected chi connectivity index (χ2v) is 6.23. The van der Waals surface area contributed by atoms with Crippen LogP contribution in [0.5, 0.6) is 0 Å². The number of aromatic nitrogens is 1. The minimum atomic E-state index is -0.285. The summed E-state index contributed by atoms with van der Waals surface area (Å²) in [5.74, 6) is -0.139. The van der Waals surface area contributed by atoms with Crippen molar-refractivity contribution in [1.29, 1.82) is 0 Å². The van der Waals surface area contributed by atoms with Gasteiger partial charge in [0.2, 0.25) is 5.91 Å². The Labute approximate surface area is 145 Å². The van der Waals surface area contributed by atoms with E-state index in [2.05, 4.69) is 10.3 Å². The highest BCUT2D eigenvalue weighted by Gasteiger charge is 2.22.